The van der Waals surface area contributed by atoms with Crippen LogP contribution in [0.2, 0.25) is 0 Å². The molecule has 2 unspecified atom stereocenters. The number of quaternary nitrogens is 1. The van der Waals surface area contributed by atoms with Crippen LogP contribution in [0.4, 0.5) is 0 Å². The van der Waals surface area contributed by atoms with Gasteiger partial charge in [-0.3, -0.25) is 23.7 Å². The predicted molar refractivity (Wildman–Crippen MR) is 209 cm³/mol. The van der Waals surface area contributed by atoms with E-state index in [9.17, 15) is 32.1 Å². The van der Waals surface area contributed by atoms with Crippen LogP contribution in [-0.2, 0) is 34.0 Å². The van der Waals surface area contributed by atoms with E-state index in [-0.39, 0.29) is 77.3 Å². The smallest absolute Gasteiger partial charge is 0.305 e. The van der Waals surface area contributed by atoms with E-state index in [1.807, 2.05) is 0 Å². The standard InChI is InChI=1S/C43H73NO8S/c1-7-10-22-44(23-11-8-2,24-12-9-3)25-14-13-15-32(30-53(49,50)51)29-52-40(48)19-16-31(4)35-17-18-36-41-37(28-39(47)43(35,36)6)42(5)21-20-34(45)26-33(42)27-38(41)46/h31-33,35-37,41H,7-30H2,1-6H3/p+1/t31-,32?,33?,35-,36+,37+,41+,42+,43-/m1/s1. The Morgan fingerprint density at radius 3 is 2.09 bits per heavy atom. The Morgan fingerprint density at radius 2 is 1.49 bits per heavy atom. The summed E-state index contributed by atoms with van der Waals surface area (Å²) >= 11 is 0. The topological polar surface area (TPSA) is 132 Å². The lowest BCUT2D eigenvalue weighted by Gasteiger charge is -2.58. The van der Waals surface area contributed by atoms with Crippen LogP contribution in [-0.4, -0.2) is 79.3 Å². The van der Waals surface area contributed by atoms with E-state index in [1.165, 1.54) is 58.2 Å². The van der Waals surface area contributed by atoms with Crippen LogP contribution in [0.25, 0.3) is 0 Å². The van der Waals surface area contributed by atoms with E-state index in [1.54, 1.807) is 0 Å². The molecule has 0 aromatic heterocycles. The fraction of sp³-hybridized carbons (Fsp3) is 0.907. The molecule has 0 aromatic rings. The summed E-state index contributed by atoms with van der Waals surface area (Å²) in [5, 5.41) is 0. The van der Waals surface area contributed by atoms with Crippen molar-refractivity contribution in [3.8, 4) is 0 Å². The second-order valence-corrected chi connectivity index (χ2v) is 20.1. The number of nitrogens with zero attached hydrogens (tertiary/aromatic N) is 1. The van der Waals surface area contributed by atoms with Crippen LogP contribution in [0.5, 0.6) is 0 Å². The molecule has 304 valence electrons. The minimum atomic E-state index is -4.22. The molecule has 9 nitrogen and oxygen atoms in total. The van der Waals surface area contributed by atoms with Crippen LogP contribution in [0.1, 0.15) is 157 Å². The summed E-state index contributed by atoms with van der Waals surface area (Å²) in [7, 11) is -4.22. The molecule has 0 radical (unpaired) electrons. The molecule has 4 aliphatic carbocycles. The van der Waals surface area contributed by atoms with Crippen molar-refractivity contribution in [3.63, 3.8) is 0 Å². The lowest BCUT2D eigenvalue weighted by Crippen LogP contribution is -2.60. The Balaban J connectivity index is 1.31. The molecule has 4 saturated carbocycles. The molecule has 4 aliphatic rings. The molecule has 0 spiro atoms. The van der Waals surface area contributed by atoms with Crippen LogP contribution >= 0.6 is 0 Å². The molecule has 0 aliphatic heterocycles. The minimum Gasteiger partial charge on any atom is -0.465 e. The van der Waals surface area contributed by atoms with Gasteiger partial charge in [0.1, 0.15) is 17.3 Å². The van der Waals surface area contributed by atoms with Gasteiger partial charge in [-0.05, 0) is 99.2 Å². The van der Waals surface area contributed by atoms with Gasteiger partial charge in [0, 0.05) is 49.4 Å². The van der Waals surface area contributed by atoms with Gasteiger partial charge in [0.05, 0.1) is 38.5 Å². The first-order valence-electron chi connectivity index (χ1n) is 21.6. The van der Waals surface area contributed by atoms with Gasteiger partial charge in [-0.2, -0.15) is 8.42 Å². The molecule has 10 heteroatoms. The Morgan fingerprint density at radius 1 is 0.868 bits per heavy atom. The average Bonchev–Trinajstić information content (AvgIpc) is 3.47. The Hall–Kier alpha value is -1.65. The van der Waals surface area contributed by atoms with Crippen molar-refractivity contribution < 1.29 is 41.4 Å². The van der Waals surface area contributed by atoms with Gasteiger partial charge < -0.3 is 9.22 Å². The van der Waals surface area contributed by atoms with E-state index >= 15 is 0 Å². The van der Waals surface area contributed by atoms with E-state index in [4.69, 9.17) is 4.74 Å². The molecular formula is C43H74NO8S+. The van der Waals surface area contributed by atoms with Crippen LogP contribution in [0.15, 0.2) is 0 Å². The van der Waals surface area contributed by atoms with Crippen molar-refractivity contribution in [1.82, 2.24) is 0 Å². The van der Waals surface area contributed by atoms with Crippen molar-refractivity contribution >= 4 is 33.4 Å². The number of ketones is 3. The molecule has 0 aromatic carbocycles. The zero-order chi connectivity index (χ0) is 39.0. The highest BCUT2D eigenvalue weighted by molar-refractivity contribution is 7.85. The second-order valence-electron chi connectivity index (χ2n) is 18.6. The number of hydrogen-bond acceptors (Lipinski definition) is 7. The maximum atomic E-state index is 14.1. The first-order valence-corrected chi connectivity index (χ1v) is 23.2. The molecule has 0 bridgehead atoms. The molecule has 4 fully saturated rings. The summed E-state index contributed by atoms with van der Waals surface area (Å²) in [4.78, 5) is 53.3. The molecular weight excluding hydrogens is 691 g/mol. The molecule has 53 heavy (non-hydrogen) atoms. The molecule has 0 heterocycles. The highest BCUT2D eigenvalue weighted by atomic mass is 32.2. The van der Waals surface area contributed by atoms with E-state index < -0.39 is 27.2 Å². The van der Waals surface area contributed by atoms with Gasteiger partial charge in [0.15, 0.2) is 0 Å². The van der Waals surface area contributed by atoms with Gasteiger partial charge in [0.2, 0.25) is 0 Å². The van der Waals surface area contributed by atoms with Crippen molar-refractivity contribution in [2.45, 2.75) is 157 Å². The van der Waals surface area contributed by atoms with E-state index in [2.05, 4.69) is 41.5 Å². The molecule has 4 rings (SSSR count). The number of ether oxygens (including phenoxy) is 1. The predicted octanol–water partition coefficient (Wildman–Crippen LogP) is 8.42. The molecule has 0 amide bonds. The average molecular weight is 765 g/mol. The van der Waals surface area contributed by atoms with Gasteiger partial charge in [-0.25, -0.2) is 0 Å². The number of unbranched alkanes of at least 4 members (excludes halogenated alkanes) is 4. The zero-order valence-electron chi connectivity index (χ0n) is 34.2. The third-order valence-electron chi connectivity index (χ3n) is 15.1. The minimum absolute atomic E-state index is 0.00568. The number of fused-ring (bicyclic) bond motifs is 5. The third-order valence-corrected chi connectivity index (χ3v) is 16.0. The summed E-state index contributed by atoms with van der Waals surface area (Å²) in [6.45, 7) is 17.7. The quantitative estimate of drug-likeness (QED) is 0.0503. The number of esters is 1. The monoisotopic (exact) mass is 765 g/mol. The largest absolute Gasteiger partial charge is 0.465 e. The number of carbonyl (C=O) groups is 4. The summed E-state index contributed by atoms with van der Waals surface area (Å²) in [6, 6.07) is 0. The Kier molecular flexibility index (Phi) is 15.8. The Labute approximate surface area is 321 Å². The second kappa shape index (κ2) is 19.0. The highest BCUT2D eigenvalue weighted by Crippen LogP contribution is 2.66. The number of rotatable bonds is 22. The summed E-state index contributed by atoms with van der Waals surface area (Å²) in [6.07, 6.45) is 14.5. The number of hydrogen-bond donors (Lipinski definition) is 1. The third kappa shape index (κ3) is 10.6. The maximum absolute atomic E-state index is 14.1. The normalized spacial score (nSPS) is 31.5. The van der Waals surface area contributed by atoms with Gasteiger partial charge in [0.25, 0.3) is 10.1 Å². The summed E-state index contributed by atoms with van der Waals surface area (Å²) in [5.41, 5.74) is -0.750. The maximum Gasteiger partial charge on any atom is 0.305 e. The van der Waals surface area contributed by atoms with Crippen molar-refractivity contribution in [2.75, 3.05) is 38.5 Å². The van der Waals surface area contributed by atoms with Gasteiger partial charge in [-0.1, -0.05) is 60.8 Å². The van der Waals surface area contributed by atoms with Gasteiger partial charge >= 0.3 is 5.97 Å². The van der Waals surface area contributed by atoms with Gasteiger partial charge in [-0.15, -0.1) is 0 Å². The van der Waals surface area contributed by atoms with Crippen molar-refractivity contribution in [1.29, 1.82) is 0 Å². The van der Waals surface area contributed by atoms with Crippen LogP contribution < -0.4 is 0 Å². The fourth-order valence-corrected chi connectivity index (χ4v) is 12.6. The highest BCUT2D eigenvalue weighted by Gasteiger charge is 2.66. The molecule has 9 atom stereocenters. The first kappa shape index (κ1) is 44.1. The van der Waals surface area contributed by atoms with E-state index in [0.717, 1.165) is 43.1 Å². The lowest BCUT2D eigenvalue weighted by atomic mass is 9.44. The number of Topliss-reactive ketones (excluding diaryl/α,β-unsaturated/α-hetero) is 3. The number of carbonyl (C=O) groups excluding carboxylic acids is 4. The first-order chi connectivity index (χ1) is 25.0. The summed E-state index contributed by atoms with van der Waals surface area (Å²) in [5.74, 6) is -0.439. The Bertz CT molecular complexity index is 1360. The van der Waals surface area contributed by atoms with Crippen LogP contribution in [0.3, 0.4) is 0 Å². The van der Waals surface area contributed by atoms with Crippen molar-refractivity contribution in [2.24, 2.45) is 52.3 Å². The zero-order valence-corrected chi connectivity index (χ0v) is 35.0. The molecule has 1 N–H and O–H groups in total. The SMILES string of the molecule is CCCC[N+](CCCC)(CCCC)CCCCC(COC(=O)CC[C@@H](C)[C@H]1CC[C@H]2[C@@H]3C(=O)CC4CC(=O)CC[C@]4(C)[C@H]3CC(=O)[C@]12C)CS(=O)(=O)O. The summed E-state index contributed by atoms with van der Waals surface area (Å²) < 4.78 is 40.4. The van der Waals surface area contributed by atoms with E-state index in [0.29, 0.717) is 38.5 Å². The van der Waals surface area contributed by atoms with Crippen LogP contribution in [0, 0.1) is 52.3 Å². The fourth-order valence-electron chi connectivity index (χ4n) is 11.8. The molecule has 0 saturated heterocycles. The lowest BCUT2D eigenvalue weighted by molar-refractivity contribution is -0.929. The van der Waals surface area contributed by atoms with Crippen molar-refractivity contribution in [3.05, 3.63) is 0 Å².